The Morgan fingerprint density at radius 1 is 1.10 bits per heavy atom. The number of furan rings is 1. The molecule has 29 heavy (non-hydrogen) atoms. The fraction of sp³-hybridized carbons (Fsp3) is 0.400. The van der Waals surface area contributed by atoms with Crippen molar-refractivity contribution >= 4 is 22.0 Å². The number of methoxy groups -OCH3 is 1. The van der Waals surface area contributed by atoms with Gasteiger partial charge in [0.25, 0.3) is 0 Å². The molecule has 0 bridgehead atoms. The van der Waals surface area contributed by atoms with Gasteiger partial charge in [-0.25, -0.2) is 13.2 Å². The quantitative estimate of drug-likeness (QED) is 0.603. The highest BCUT2D eigenvalue weighted by atomic mass is 32.2. The zero-order valence-corrected chi connectivity index (χ0v) is 16.9. The van der Waals surface area contributed by atoms with E-state index in [1.54, 1.807) is 30.3 Å². The molecule has 0 aliphatic carbocycles. The molecule has 0 amide bonds. The van der Waals surface area contributed by atoms with Crippen molar-refractivity contribution in [3.63, 3.8) is 0 Å². The molecule has 9 heteroatoms. The van der Waals surface area contributed by atoms with Crippen molar-refractivity contribution in [1.82, 2.24) is 4.31 Å². The van der Waals surface area contributed by atoms with Crippen molar-refractivity contribution in [2.75, 3.05) is 20.2 Å². The highest BCUT2D eigenvalue weighted by Gasteiger charge is 2.26. The Bertz CT molecular complexity index is 957. The minimum absolute atomic E-state index is 0.00935. The first-order chi connectivity index (χ1) is 13.9. The Morgan fingerprint density at radius 2 is 1.79 bits per heavy atom. The number of sulfonamides is 1. The van der Waals surface area contributed by atoms with Crippen LogP contribution in [-0.4, -0.2) is 44.9 Å². The molecule has 3 rings (SSSR count). The van der Waals surface area contributed by atoms with Gasteiger partial charge in [-0.1, -0.05) is 12.1 Å². The second-order valence-corrected chi connectivity index (χ2v) is 8.62. The van der Waals surface area contributed by atoms with Gasteiger partial charge < -0.3 is 13.9 Å². The number of carbonyl (C=O) groups is 2. The maximum Gasteiger partial charge on any atom is 0.374 e. The summed E-state index contributed by atoms with van der Waals surface area (Å²) < 4.78 is 41.3. The fourth-order valence-corrected chi connectivity index (χ4v) is 4.62. The van der Waals surface area contributed by atoms with Crippen LogP contribution in [0.15, 0.2) is 45.9 Å². The molecule has 1 aromatic carbocycles. The first kappa shape index (κ1) is 21.1. The van der Waals surface area contributed by atoms with Gasteiger partial charge in [-0.05, 0) is 43.0 Å². The predicted molar refractivity (Wildman–Crippen MR) is 103 cm³/mol. The fourth-order valence-electron chi connectivity index (χ4n) is 3.10. The van der Waals surface area contributed by atoms with Crippen molar-refractivity contribution in [2.45, 2.75) is 37.2 Å². The standard InChI is InChI=1S/C20H23NO7S/c1-26-20(23)19-16(10-13-27-19)14-28-18(22)9-6-15-4-7-17(8-5-15)29(24,25)21-11-2-3-12-21/h4-5,7-8,10,13H,2-3,6,9,11-12,14H2,1H3. The molecule has 1 fully saturated rings. The van der Waals surface area contributed by atoms with Crippen LogP contribution < -0.4 is 0 Å². The van der Waals surface area contributed by atoms with Gasteiger partial charge in [0, 0.05) is 25.1 Å². The van der Waals surface area contributed by atoms with Crippen LogP contribution in [-0.2, 0) is 37.3 Å². The molecule has 8 nitrogen and oxygen atoms in total. The van der Waals surface area contributed by atoms with Gasteiger partial charge in [-0.3, -0.25) is 4.79 Å². The summed E-state index contributed by atoms with van der Waals surface area (Å²) in [4.78, 5) is 23.8. The maximum atomic E-state index is 12.5. The van der Waals surface area contributed by atoms with E-state index in [1.807, 2.05) is 0 Å². The molecule has 0 atom stereocenters. The zero-order valence-electron chi connectivity index (χ0n) is 16.1. The third-order valence-corrected chi connectivity index (χ3v) is 6.66. The monoisotopic (exact) mass is 421 g/mol. The second kappa shape index (κ2) is 9.23. The van der Waals surface area contributed by atoms with Crippen LogP contribution in [0.2, 0.25) is 0 Å². The van der Waals surface area contributed by atoms with Crippen LogP contribution in [0.1, 0.15) is 40.9 Å². The molecule has 1 saturated heterocycles. The van der Waals surface area contributed by atoms with Gasteiger partial charge in [-0.15, -0.1) is 0 Å². The predicted octanol–water partition coefficient (Wildman–Crippen LogP) is 2.53. The van der Waals surface area contributed by atoms with Crippen molar-refractivity contribution < 1.29 is 31.9 Å². The van der Waals surface area contributed by atoms with Gasteiger partial charge in [0.1, 0.15) is 6.61 Å². The van der Waals surface area contributed by atoms with Crippen LogP contribution in [0.5, 0.6) is 0 Å². The third-order valence-electron chi connectivity index (χ3n) is 4.75. The lowest BCUT2D eigenvalue weighted by atomic mass is 10.1. The van der Waals surface area contributed by atoms with E-state index in [0.717, 1.165) is 18.4 Å². The van der Waals surface area contributed by atoms with E-state index >= 15 is 0 Å². The average Bonchev–Trinajstić information content (AvgIpc) is 3.42. The molecule has 156 valence electrons. The SMILES string of the molecule is COC(=O)c1occc1COC(=O)CCc1ccc(S(=O)(=O)N2CCCC2)cc1. The highest BCUT2D eigenvalue weighted by molar-refractivity contribution is 7.89. The van der Waals surface area contributed by atoms with Gasteiger partial charge in [0.2, 0.25) is 15.8 Å². The number of carbonyl (C=O) groups excluding carboxylic acids is 2. The number of nitrogens with zero attached hydrogens (tertiary/aromatic N) is 1. The van der Waals surface area contributed by atoms with Gasteiger partial charge >= 0.3 is 11.9 Å². The number of hydrogen-bond acceptors (Lipinski definition) is 7. The number of ether oxygens (including phenoxy) is 2. The van der Waals surface area contributed by atoms with Gasteiger partial charge in [0.15, 0.2) is 0 Å². The van der Waals surface area contributed by atoms with Crippen molar-refractivity contribution in [1.29, 1.82) is 0 Å². The normalized spacial score (nSPS) is 14.7. The Kier molecular flexibility index (Phi) is 6.71. The molecule has 2 aromatic rings. The van der Waals surface area contributed by atoms with Crippen molar-refractivity contribution in [2.24, 2.45) is 0 Å². The largest absolute Gasteiger partial charge is 0.463 e. The summed E-state index contributed by atoms with van der Waals surface area (Å²) in [6, 6.07) is 8.10. The summed E-state index contributed by atoms with van der Waals surface area (Å²) in [5, 5.41) is 0. The lowest BCUT2D eigenvalue weighted by molar-refractivity contribution is -0.144. The minimum atomic E-state index is -3.44. The molecule has 0 radical (unpaired) electrons. The molecular weight excluding hydrogens is 398 g/mol. The Morgan fingerprint density at radius 3 is 2.45 bits per heavy atom. The van der Waals surface area contributed by atoms with E-state index in [2.05, 4.69) is 4.74 Å². The Balaban J connectivity index is 1.50. The van der Waals surface area contributed by atoms with Gasteiger partial charge in [-0.2, -0.15) is 4.31 Å². The van der Waals surface area contributed by atoms with Crippen LogP contribution in [0.4, 0.5) is 0 Å². The molecule has 0 unspecified atom stereocenters. The maximum absolute atomic E-state index is 12.5. The summed E-state index contributed by atoms with van der Waals surface area (Å²) in [5.41, 5.74) is 1.27. The molecule has 1 aliphatic rings. The smallest absolute Gasteiger partial charge is 0.374 e. The number of esters is 2. The number of aryl methyl sites for hydroxylation is 1. The van der Waals surface area contributed by atoms with Crippen LogP contribution in [0.25, 0.3) is 0 Å². The average molecular weight is 421 g/mol. The van der Waals surface area contributed by atoms with Crippen molar-refractivity contribution in [3.8, 4) is 0 Å². The summed E-state index contributed by atoms with van der Waals surface area (Å²) in [7, 11) is -2.20. The Hall–Kier alpha value is -2.65. The third kappa shape index (κ3) is 5.04. The van der Waals surface area contributed by atoms with E-state index in [-0.39, 0.29) is 23.7 Å². The summed E-state index contributed by atoms with van der Waals surface area (Å²) >= 11 is 0. The minimum Gasteiger partial charge on any atom is -0.463 e. The summed E-state index contributed by atoms with van der Waals surface area (Å²) in [6.07, 6.45) is 3.65. The molecule has 1 aromatic heterocycles. The molecule has 0 spiro atoms. The lowest BCUT2D eigenvalue weighted by Crippen LogP contribution is -2.27. The van der Waals surface area contributed by atoms with E-state index in [1.165, 1.54) is 17.7 Å². The van der Waals surface area contributed by atoms with Crippen LogP contribution in [0, 0.1) is 0 Å². The molecule has 0 saturated carbocycles. The van der Waals surface area contributed by atoms with E-state index in [0.29, 0.717) is 25.1 Å². The first-order valence-electron chi connectivity index (χ1n) is 9.31. The van der Waals surface area contributed by atoms with Crippen molar-refractivity contribution in [3.05, 3.63) is 53.5 Å². The first-order valence-corrected chi connectivity index (χ1v) is 10.7. The van der Waals surface area contributed by atoms with Gasteiger partial charge in [0.05, 0.1) is 18.3 Å². The van der Waals surface area contributed by atoms with E-state index < -0.39 is 22.0 Å². The summed E-state index contributed by atoms with van der Waals surface area (Å²) in [5.74, 6) is -1.06. The molecule has 0 N–H and O–H groups in total. The second-order valence-electron chi connectivity index (χ2n) is 6.68. The highest BCUT2D eigenvalue weighted by Crippen LogP contribution is 2.21. The number of rotatable bonds is 8. The summed E-state index contributed by atoms with van der Waals surface area (Å²) in [6.45, 7) is 1.03. The molecule has 1 aliphatic heterocycles. The number of benzene rings is 1. The number of hydrogen-bond donors (Lipinski definition) is 0. The Labute approximate surface area is 169 Å². The van der Waals surface area contributed by atoms with Crippen LogP contribution in [0.3, 0.4) is 0 Å². The van der Waals surface area contributed by atoms with E-state index in [4.69, 9.17) is 9.15 Å². The zero-order chi connectivity index (χ0) is 20.9. The molecule has 2 heterocycles. The van der Waals surface area contributed by atoms with Crippen LogP contribution >= 0.6 is 0 Å². The molecular formula is C20H23NO7S. The lowest BCUT2D eigenvalue weighted by Gasteiger charge is -2.15. The topological polar surface area (TPSA) is 103 Å². The van der Waals surface area contributed by atoms with E-state index in [9.17, 15) is 18.0 Å².